The molecule has 20 heavy (non-hydrogen) atoms. The Balaban J connectivity index is 1.71. The lowest BCUT2D eigenvalue weighted by molar-refractivity contribution is 0.286. The lowest BCUT2D eigenvalue weighted by Gasteiger charge is -2.27. The highest BCUT2D eigenvalue weighted by atomic mass is 16.5. The van der Waals surface area contributed by atoms with Gasteiger partial charge in [0.15, 0.2) is 0 Å². The molecule has 0 bridgehead atoms. The van der Waals surface area contributed by atoms with Crippen molar-refractivity contribution in [1.29, 1.82) is 0 Å². The van der Waals surface area contributed by atoms with E-state index in [2.05, 4.69) is 30.4 Å². The highest BCUT2D eigenvalue weighted by Gasteiger charge is 2.32. The quantitative estimate of drug-likeness (QED) is 0.897. The molecule has 2 fully saturated rings. The third-order valence-electron chi connectivity index (χ3n) is 5.21. The largest absolute Gasteiger partial charge is 0.496 e. The van der Waals surface area contributed by atoms with E-state index < -0.39 is 0 Å². The van der Waals surface area contributed by atoms with E-state index in [1.54, 1.807) is 7.11 Å². The van der Waals surface area contributed by atoms with Crippen LogP contribution in [0.3, 0.4) is 0 Å². The molecular formula is C18H27NO. The van der Waals surface area contributed by atoms with E-state index in [1.165, 1.54) is 49.7 Å². The third-order valence-corrected chi connectivity index (χ3v) is 5.21. The molecule has 1 N–H and O–H groups in total. The summed E-state index contributed by atoms with van der Waals surface area (Å²) in [6.45, 7) is 3.28. The van der Waals surface area contributed by atoms with Crippen molar-refractivity contribution < 1.29 is 4.74 Å². The smallest absolute Gasteiger partial charge is 0.122 e. The van der Waals surface area contributed by atoms with Crippen molar-refractivity contribution in [2.45, 2.75) is 57.4 Å². The van der Waals surface area contributed by atoms with Crippen molar-refractivity contribution >= 4 is 0 Å². The molecule has 0 amide bonds. The minimum atomic E-state index is 0.622. The fourth-order valence-electron chi connectivity index (χ4n) is 4.07. The van der Waals surface area contributed by atoms with Crippen LogP contribution < -0.4 is 10.1 Å². The molecule has 1 heterocycles. The van der Waals surface area contributed by atoms with E-state index in [1.807, 2.05) is 0 Å². The Morgan fingerprint density at radius 1 is 1.15 bits per heavy atom. The average molecular weight is 273 g/mol. The van der Waals surface area contributed by atoms with Gasteiger partial charge in [0.1, 0.15) is 5.75 Å². The molecule has 0 aromatic heterocycles. The molecular weight excluding hydrogens is 246 g/mol. The van der Waals surface area contributed by atoms with Crippen molar-refractivity contribution in [2.75, 3.05) is 13.7 Å². The summed E-state index contributed by atoms with van der Waals surface area (Å²) in [5.74, 6) is 2.59. The first-order valence-electron chi connectivity index (χ1n) is 8.16. The summed E-state index contributed by atoms with van der Waals surface area (Å²) in [6, 6.07) is 7.31. The SMILES string of the molecule is COc1ccc(C)cc1C1CNC(C2CCCCC2)C1. The number of aryl methyl sites for hydroxylation is 1. The Labute approximate surface area is 122 Å². The molecule has 2 heteroatoms. The van der Waals surface area contributed by atoms with E-state index in [4.69, 9.17) is 4.74 Å². The van der Waals surface area contributed by atoms with Gasteiger partial charge in [-0.1, -0.05) is 37.0 Å². The van der Waals surface area contributed by atoms with Gasteiger partial charge in [0.05, 0.1) is 7.11 Å². The van der Waals surface area contributed by atoms with Crippen LogP contribution in [0.1, 0.15) is 55.6 Å². The summed E-state index contributed by atoms with van der Waals surface area (Å²) >= 11 is 0. The van der Waals surface area contributed by atoms with Gasteiger partial charge < -0.3 is 10.1 Å². The zero-order valence-electron chi connectivity index (χ0n) is 12.8. The first kappa shape index (κ1) is 13.9. The van der Waals surface area contributed by atoms with Crippen LogP contribution in [0, 0.1) is 12.8 Å². The Morgan fingerprint density at radius 2 is 1.95 bits per heavy atom. The van der Waals surface area contributed by atoms with Crippen LogP contribution in [-0.2, 0) is 0 Å². The maximum atomic E-state index is 5.57. The van der Waals surface area contributed by atoms with Gasteiger partial charge in [-0.3, -0.25) is 0 Å². The molecule has 2 atom stereocenters. The van der Waals surface area contributed by atoms with Crippen LogP contribution in [0.4, 0.5) is 0 Å². The Kier molecular flexibility index (Phi) is 4.30. The summed E-state index contributed by atoms with van der Waals surface area (Å²) in [4.78, 5) is 0. The van der Waals surface area contributed by atoms with E-state index in [9.17, 15) is 0 Å². The molecule has 1 aliphatic carbocycles. The fraction of sp³-hybridized carbons (Fsp3) is 0.667. The Bertz CT molecular complexity index is 451. The van der Waals surface area contributed by atoms with Crippen molar-refractivity contribution in [3.8, 4) is 5.75 Å². The first-order chi connectivity index (χ1) is 9.78. The molecule has 1 aromatic carbocycles. The second kappa shape index (κ2) is 6.17. The van der Waals surface area contributed by atoms with Crippen LogP contribution in [-0.4, -0.2) is 19.7 Å². The third kappa shape index (κ3) is 2.85. The molecule has 2 unspecified atom stereocenters. The lowest BCUT2D eigenvalue weighted by atomic mass is 9.81. The zero-order valence-corrected chi connectivity index (χ0v) is 12.8. The maximum absolute atomic E-state index is 5.57. The van der Waals surface area contributed by atoms with Crippen LogP contribution >= 0.6 is 0 Å². The van der Waals surface area contributed by atoms with Crippen molar-refractivity contribution in [1.82, 2.24) is 5.32 Å². The molecule has 1 saturated heterocycles. The summed E-state index contributed by atoms with van der Waals surface area (Å²) in [5.41, 5.74) is 2.74. The normalized spacial score (nSPS) is 27.7. The number of rotatable bonds is 3. The van der Waals surface area contributed by atoms with E-state index in [0.717, 1.165) is 24.3 Å². The molecule has 3 rings (SSSR count). The summed E-state index contributed by atoms with van der Waals surface area (Å²) in [7, 11) is 1.79. The monoisotopic (exact) mass is 273 g/mol. The van der Waals surface area contributed by atoms with Crippen LogP contribution in [0.25, 0.3) is 0 Å². The standard InChI is InChI=1S/C18H27NO/c1-13-8-9-18(20-2)16(10-13)15-11-17(19-12-15)14-6-4-3-5-7-14/h8-10,14-15,17,19H,3-7,11-12H2,1-2H3. The summed E-state index contributed by atoms with van der Waals surface area (Å²) in [6.07, 6.45) is 8.44. The van der Waals surface area contributed by atoms with E-state index in [0.29, 0.717) is 5.92 Å². The lowest BCUT2D eigenvalue weighted by Crippen LogP contribution is -2.31. The maximum Gasteiger partial charge on any atom is 0.122 e. The first-order valence-corrected chi connectivity index (χ1v) is 8.16. The fourth-order valence-corrected chi connectivity index (χ4v) is 4.07. The van der Waals surface area contributed by atoms with E-state index >= 15 is 0 Å². The number of hydrogen-bond donors (Lipinski definition) is 1. The molecule has 0 radical (unpaired) electrons. The number of benzene rings is 1. The van der Waals surface area contributed by atoms with Gasteiger partial charge in [0.25, 0.3) is 0 Å². The number of methoxy groups -OCH3 is 1. The number of nitrogens with one attached hydrogen (secondary N) is 1. The average Bonchev–Trinajstić information content (AvgIpc) is 2.98. The highest BCUT2D eigenvalue weighted by molar-refractivity contribution is 5.40. The van der Waals surface area contributed by atoms with Crippen molar-refractivity contribution in [3.05, 3.63) is 29.3 Å². The zero-order chi connectivity index (χ0) is 13.9. The van der Waals surface area contributed by atoms with Gasteiger partial charge in [-0.25, -0.2) is 0 Å². The van der Waals surface area contributed by atoms with Gasteiger partial charge in [0, 0.05) is 18.5 Å². The number of hydrogen-bond acceptors (Lipinski definition) is 2. The number of ether oxygens (including phenoxy) is 1. The highest BCUT2D eigenvalue weighted by Crippen LogP contribution is 2.38. The molecule has 1 aliphatic heterocycles. The molecule has 1 aromatic rings. The topological polar surface area (TPSA) is 21.3 Å². The van der Waals surface area contributed by atoms with Gasteiger partial charge in [-0.15, -0.1) is 0 Å². The summed E-state index contributed by atoms with van der Waals surface area (Å²) < 4.78 is 5.57. The van der Waals surface area contributed by atoms with Crippen molar-refractivity contribution in [3.63, 3.8) is 0 Å². The summed E-state index contributed by atoms with van der Waals surface area (Å²) in [5, 5.41) is 3.79. The molecule has 110 valence electrons. The second-order valence-electron chi connectivity index (χ2n) is 6.59. The minimum absolute atomic E-state index is 0.622. The van der Waals surface area contributed by atoms with Gasteiger partial charge in [-0.2, -0.15) is 0 Å². The van der Waals surface area contributed by atoms with Gasteiger partial charge in [0.2, 0.25) is 0 Å². The Hall–Kier alpha value is -1.02. The minimum Gasteiger partial charge on any atom is -0.496 e. The predicted octanol–water partition coefficient (Wildman–Crippen LogP) is 4.03. The predicted molar refractivity (Wildman–Crippen MR) is 83.5 cm³/mol. The van der Waals surface area contributed by atoms with Gasteiger partial charge in [-0.05, 0) is 43.7 Å². The van der Waals surface area contributed by atoms with Gasteiger partial charge >= 0.3 is 0 Å². The van der Waals surface area contributed by atoms with Crippen molar-refractivity contribution in [2.24, 2.45) is 5.92 Å². The van der Waals surface area contributed by atoms with Crippen LogP contribution in [0.2, 0.25) is 0 Å². The molecule has 0 spiro atoms. The van der Waals surface area contributed by atoms with Crippen LogP contribution in [0.15, 0.2) is 18.2 Å². The molecule has 2 aliphatic rings. The second-order valence-corrected chi connectivity index (χ2v) is 6.59. The Morgan fingerprint density at radius 3 is 2.70 bits per heavy atom. The van der Waals surface area contributed by atoms with E-state index in [-0.39, 0.29) is 0 Å². The molecule has 2 nitrogen and oxygen atoms in total. The van der Waals surface area contributed by atoms with Crippen LogP contribution in [0.5, 0.6) is 5.75 Å². The molecule has 1 saturated carbocycles.